The Labute approximate surface area is 183 Å². The van der Waals surface area contributed by atoms with Crippen LogP contribution in [0.15, 0.2) is 83.1 Å². The first-order valence-corrected chi connectivity index (χ1v) is 10.5. The molecular weight excluding hydrogens is 388 g/mol. The third-order valence-electron chi connectivity index (χ3n) is 4.62. The molecule has 0 saturated carbocycles. The summed E-state index contributed by atoms with van der Waals surface area (Å²) in [6.45, 7) is 6.33. The molecular formula is C25H30N4O2. The summed E-state index contributed by atoms with van der Waals surface area (Å²) < 4.78 is 0. The molecule has 31 heavy (non-hydrogen) atoms. The van der Waals surface area contributed by atoms with Crippen LogP contribution < -0.4 is 16.5 Å². The van der Waals surface area contributed by atoms with Crippen LogP contribution >= 0.6 is 0 Å². The van der Waals surface area contributed by atoms with Crippen LogP contribution in [-0.2, 0) is 11.3 Å². The Hall–Kier alpha value is -3.67. The standard InChI is InChI=1S/C23H24N4O2.C2H6/c1-2-17(22(24)28)11-12-20-14-21(27-26-20)19-10-6-7-16(13-19)15-25-23(29)18-8-4-3-5-9-18;1-2/h3-13,26H,2,14-15H2,1H3,(H2,24,28)(H,25,29);1-2H3/b17-11+,20-12+;. The first-order chi connectivity index (χ1) is 15.1. The number of carbonyl (C=O) groups is 2. The first kappa shape index (κ1) is 23.6. The number of hydrogen-bond donors (Lipinski definition) is 3. The molecule has 0 saturated heterocycles. The molecule has 0 atom stereocenters. The van der Waals surface area contributed by atoms with Crippen molar-refractivity contribution in [3.63, 3.8) is 0 Å². The minimum absolute atomic E-state index is 0.103. The van der Waals surface area contributed by atoms with E-state index in [9.17, 15) is 9.59 Å². The Kier molecular flexibility index (Phi) is 9.23. The molecule has 2 aromatic rings. The Morgan fingerprint density at radius 1 is 1.13 bits per heavy atom. The monoisotopic (exact) mass is 418 g/mol. The van der Waals surface area contributed by atoms with E-state index in [0.29, 0.717) is 30.5 Å². The first-order valence-electron chi connectivity index (χ1n) is 10.5. The molecule has 0 spiro atoms. The number of primary amides is 1. The van der Waals surface area contributed by atoms with E-state index in [4.69, 9.17) is 5.73 Å². The fourth-order valence-corrected chi connectivity index (χ4v) is 2.97. The Morgan fingerprint density at radius 3 is 2.55 bits per heavy atom. The Morgan fingerprint density at radius 2 is 1.87 bits per heavy atom. The van der Waals surface area contributed by atoms with Gasteiger partial charge in [-0.1, -0.05) is 63.2 Å². The zero-order valence-electron chi connectivity index (χ0n) is 18.3. The molecule has 6 nitrogen and oxygen atoms in total. The van der Waals surface area contributed by atoms with Crippen molar-refractivity contribution in [2.75, 3.05) is 0 Å². The fourth-order valence-electron chi connectivity index (χ4n) is 2.97. The van der Waals surface area contributed by atoms with Gasteiger partial charge in [-0.15, -0.1) is 0 Å². The summed E-state index contributed by atoms with van der Waals surface area (Å²) in [6, 6.07) is 17.1. The van der Waals surface area contributed by atoms with E-state index in [2.05, 4.69) is 15.8 Å². The van der Waals surface area contributed by atoms with Crippen LogP contribution in [0, 0.1) is 0 Å². The maximum Gasteiger partial charge on any atom is 0.251 e. The minimum atomic E-state index is -0.409. The SMILES string of the molecule is CC.CC/C(=C\C=C1/CC(c2cccc(CNC(=O)c3ccccc3)c2)=NN1)C(N)=O. The summed E-state index contributed by atoms with van der Waals surface area (Å²) in [5.41, 5.74) is 13.3. The second kappa shape index (κ2) is 12.1. The maximum absolute atomic E-state index is 12.2. The van der Waals surface area contributed by atoms with Gasteiger partial charge in [0, 0.05) is 29.8 Å². The van der Waals surface area contributed by atoms with E-state index in [1.807, 2.05) is 69.3 Å². The van der Waals surface area contributed by atoms with Crippen molar-refractivity contribution in [3.8, 4) is 0 Å². The molecule has 0 aromatic heterocycles. The van der Waals surface area contributed by atoms with Gasteiger partial charge in [0.15, 0.2) is 0 Å². The third-order valence-corrected chi connectivity index (χ3v) is 4.62. The topological polar surface area (TPSA) is 96.6 Å². The summed E-state index contributed by atoms with van der Waals surface area (Å²) in [5.74, 6) is -0.511. The highest BCUT2D eigenvalue weighted by molar-refractivity contribution is 6.03. The van der Waals surface area contributed by atoms with Gasteiger partial charge in [0.1, 0.15) is 0 Å². The van der Waals surface area contributed by atoms with Gasteiger partial charge < -0.3 is 11.1 Å². The van der Waals surface area contributed by atoms with Crippen molar-refractivity contribution in [2.24, 2.45) is 10.8 Å². The van der Waals surface area contributed by atoms with Crippen molar-refractivity contribution in [1.82, 2.24) is 10.7 Å². The molecule has 0 aliphatic carbocycles. The van der Waals surface area contributed by atoms with Crippen LogP contribution in [0.3, 0.4) is 0 Å². The molecule has 162 valence electrons. The van der Waals surface area contributed by atoms with Gasteiger partial charge in [-0.2, -0.15) is 5.10 Å². The number of nitrogens with zero attached hydrogens (tertiary/aromatic N) is 1. The summed E-state index contributed by atoms with van der Waals surface area (Å²) in [4.78, 5) is 23.5. The van der Waals surface area contributed by atoms with Gasteiger partial charge in [-0.05, 0) is 41.8 Å². The Bertz CT molecular complexity index is 992. The summed E-state index contributed by atoms with van der Waals surface area (Å²) in [5, 5.41) is 7.32. The number of amides is 2. The van der Waals surface area contributed by atoms with Crippen LogP contribution in [0.25, 0.3) is 0 Å². The van der Waals surface area contributed by atoms with Crippen molar-refractivity contribution in [3.05, 3.63) is 94.7 Å². The lowest BCUT2D eigenvalue weighted by Gasteiger charge is -2.07. The number of allylic oxidation sites excluding steroid dienone is 3. The van der Waals surface area contributed by atoms with Gasteiger partial charge in [0.05, 0.1) is 5.71 Å². The number of nitrogens with one attached hydrogen (secondary N) is 2. The zero-order valence-corrected chi connectivity index (χ0v) is 18.3. The molecule has 0 radical (unpaired) electrons. The van der Waals surface area contributed by atoms with Crippen LogP contribution in [0.2, 0.25) is 0 Å². The lowest BCUT2D eigenvalue weighted by Crippen LogP contribution is -2.22. The van der Waals surface area contributed by atoms with Gasteiger partial charge in [0.2, 0.25) is 5.91 Å². The molecule has 0 unspecified atom stereocenters. The molecule has 1 aliphatic heterocycles. The van der Waals surface area contributed by atoms with E-state index in [1.54, 1.807) is 18.2 Å². The molecule has 4 N–H and O–H groups in total. The smallest absolute Gasteiger partial charge is 0.251 e. The van der Waals surface area contributed by atoms with E-state index >= 15 is 0 Å². The van der Waals surface area contributed by atoms with Crippen molar-refractivity contribution >= 4 is 17.5 Å². The lowest BCUT2D eigenvalue weighted by atomic mass is 10.0. The van der Waals surface area contributed by atoms with Gasteiger partial charge >= 0.3 is 0 Å². The summed E-state index contributed by atoms with van der Waals surface area (Å²) >= 11 is 0. The predicted molar refractivity (Wildman–Crippen MR) is 125 cm³/mol. The zero-order chi connectivity index (χ0) is 22.6. The minimum Gasteiger partial charge on any atom is -0.366 e. The maximum atomic E-state index is 12.2. The summed E-state index contributed by atoms with van der Waals surface area (Å²) in [7, 11) is 0. The molecule has 1 aliphatic rings. The molecule has 0 bridgehead atoms. The Balaban J connectivity index is 0.00000166. The van der Waals surface area contributed by atoms with E-state index < -0.39 is 5.91 Å². The van der Waals surface area contributed by atoms with Crippen molar-refractivity contribution in [1.29, 1.82) is 0 Å². The summed E-state index contributed by atoms with van der Waals surface area (Å²) in [6.07, 6.45) is 4.79. The highest BCUT2D eigenvalue weighted by Crippen LogP contribution is 2.17. The molecule has 3 rings (SSSR count). The number of hydrogen-bond acceptors (Lipinski definition) is 4. The highest BCUT2D eigenvalue weighted by Gasteiger charge is 2.14. The molecule has 1 heterocycles. The van der Waals surface area contributed by atoms with Crippen LogP contribution in [0.5, 0.6) is 0 Å². The van der Waals surface area contributed by atoms with E-state index in [0.717, 1.165) is 22.5 Å². The van der Waals surface area contributed by atoms with Crippen molar-refractivity contribution in [2.45, 2.75) is 40.2 Å². The van der Waals surface area contributed by atoms with E-state index in [1.165, 1.54) is 0 Å². The number of benzene rings is 2. The molecule has 2 amide bonds. The number of hydrazone groups is 1. The second-order valence-electron chi connectivity index (χ2n) is 6.70. The van der Waals surface area contributed by atoms with Gasteiger partial charge in [-0.25, -0.2) is 0 Å². The predicted octanol–water partition coefficient (Wildman–Crippen LogP) is 4.05. The molecule has 0 fully saturated rings. The van der Waals surface area contributed by atoms with Crippen LogP contribution in [0.4, 0.5) is 0 Å². The van der Waals surface area contributed by atoms with Gasteiger partial charge in [-0.3, -0.25) is 15.0 Å². The van der Waals surface area contributed by atoms with Gasteiger partial charge in [0.25, 0.3) is 5.91 Å². The number of rotatable bonds is 7. The third kappa shape index (κ3) is 6.96. The average Bonchev–Trinajstić information content (AvgIpc) is 3.29. The largest absolute Gasteiger partial charge is 0.366 e. The number of nitrogens with two attached hydrogens (primary N) is 1. The average molecular weight is 419 g/mol. The molecule has 6 heteroatoms. The highest BCUT2D eigenvalue weighted by atomic mass is 16.2. The second-order valence-corrected chi connectivity index (χ2v) is 6.70. The van der Waals surface area contributed by atoms with Crippen LogP contribution in [0.1, 0.15) is 55.1 Å². The lowest BCUT2D eigenvalue weighted by molar-refractivity contribution is -0.114. The van der Waals surface area contributed by atoms with E-state index in [-0.39, 0.29) is 5.91 Å². The molecule has 2 aromatic carbocycles. The van der Waals surface area contributed by atoms with Crippen LogP contribution in [-0.4, -0.2) is 17.5 Å². The normalized spacial score (nSPS) is 14.2. The fraction of sp³-hybridized carbons (Fsp3) is 0.240. The van der Waals surface area contributed by atoms with Crippen molar-refractivity contribution < 1.29 is 9.59 Å². The number of carbonyl (C=O) groups excluding carboxylic acids is 2. The quantitative estimate of drug-likeness (QED) is 0.592.